The van der Waals surface area contributed by atoms with Gasteiger partial charge in [0.25, 0.3) is 11.4 Å². The zero-order valence-electron chi connectivity index (χ0n) is 5.00. The van der Waals surface area contributed by atoms with Crippen LogP contribution in [0.1, 0.15) is 6.92 Å². The second kappa shape index (κ2) is 2.59. The van der Waals surface area contributed by atoms with E-state index in [2.05, 4.69) is 9.71 Å². The lowest BCUT2D eigenvalue weighted by molar-refractivity contribution is -0.113. The summed E-state index contributed by atoms with van der Waals surface area (Å²) in [5.41, 5.74) is 1.71. The van der Waals surface area contributed by atoms with Crippen LogP contribution in [0.2, 0.25) is 0 Å². The van der Waals surface area contributed by atoms with Gasteiger partial charge < -0.3 is 0 Å². The highest BCUT2D eigenvalue weighted by Crippen LogP contribution is 2.08. The molecule has 1 heterocycles. The van der Waals surface area contributed by atoms with Gasteiger partial charge in [0, 0.05) is 6.92 Å². The maximum absolute atomic E-state index is 10.4. The lowest BCUT2D eigenvalue weighted by Crippen LogP contribution is -2.02. The first-order valence-electron chi connectivity index (χ1n) is 2.48. The van der Waals surface area contributed by atoms with Gasteiger partial charge in [-0.25, -0.2) is 4.98 Å². The van der Waals surface area contributed by atoms with Crippen molar-refractivity contribution in [3.63, 3.8) is 0 Å². The van der Waals surface area contributed by atoms with E-state index in [0.29, 0.717) is 0 Å². The predicted molar refractivity (Wildman–Crippen MR) is 36.8 cm³/mol. The number of thiazole rings is 1. The molecule has 9 heavy (non-hydrogen) atoms. The van der Waals surface area contributed by atoms with E-state index in [1.807, 2.05) is 5.38 Å². The molecule has 0 radical (unpaired) electrons. The molecule has 3 nitrogen and oxygen atoms in total. The summed E-state index contributed by atoms with van der Waals surface area (Å²) in [6.45, 7) is 1.49. The number of nitrogens with zero attached hydrogens (tertiary/aromatic N) is 1. The molecule has 1 aromatic heterocycles. The van der Waals surface area contributed by atoms with E-state index in [-0.39, 0.29) is 16.6 Å². The Morgan fingerprint density at radius 3 is 3.00 bits per heavy atom. The summed E-state index contributed by atoms with van der Waals surface area (Å²) < 4.78 is 2.69. The monoisotopic (exact) mass is 143 g/mol. The van der Waals surface area contributed by atoms with Crippen molar-refractivity contribution in [2.45, 2.75) is 6.92 Å². The van der Waals surface area contributed by atoms with Crippen molar-refractivity contribution in [1.82, 2.24) is 4.98 Å². The summed E-state index contributed by atoms with van der Waals surface area (Å²) in [7, 11) is -0.229. The lowest BCUT2D eigenvalue weighted by atomic mass is 10.8. The molecule has 1 amide bonds. The van der Waals surface area contributed by atoms with Crippen LogP contribution in [0.25, 0.3) is 0 Å². The van der Waals surface area contributed by atoms with E-state index < -0.39 is 0 Å². The molecule has 0 fully saturated rings. The molecule has 0 saturated heterocycles. The second-order valence-electron chi connectivity index (χ2n) is 1.57. The van der Waals surface area contributed by atoms with Crippen molar-refractivity contribution in [3.8, 4) is 0 Å². The van der Waals surface area contributed by atoms with E-state index in [0.717, 1.165) is 0 Å². The van der Waals surface area contributed by atoms with Gasteiger partial charge in [0.15, 0.2) is 5.38 Å². The van der Waals surface area contributed by atoms with Crippen LogP contribution in [0.5, 0.6) is 0 Å². The van der Waals surface area contributed by atoms with Crippen molar-refractivity contribution in [2.75, 3.05) is 4.72 Å². The van der Waals surface area contributed by atoms with Crippen molar-refractivity contribution >= 4 is 16.6 Å². The van der Waals surface area contributed by atoms with Crippen LogP contribution in [-0.2, 0) is 4.79 Å². The standard InChI is InChI=1S/C5H6N2OS/c1-5(8)7-9-3-2-6-4-9/h2-4H,1H3/p+1. The minimum absolute atomic E-state index is 0.0173. The third-order valence-electron chi connectivity index (χ3n) is 0.730. The average molecular weight is 143 g/mol. The van der Waals surface area contributed by atoms with Gasteiger partial charge in [0.1, 0.15) is 10.7 Å². The van der Waals surface area contributed by atoms with E-state index in [1.165, 1.54) is 6.92 Å². The number of nitrogens with one attached hydrogen (secondary N) is 1. The number of amides is 1. The molecular weight excluding hydrogens is 136 g/mol. The van der Waals surface area contributed by atoms with Crippen molar-refractivity contribution in [3.05, 3.63) is 17.1 Å². The molecule has 0 bridgehead atoms. The van der Waals surface area contributed by atoms with Crippen LogP contribution < -0.4 is 4.72 Å². The molecule has 1 rings (SSSR count). The Balaban J connectivity index is 2.58. The Kier molecular flexibility index (Phi) is 1.79. The number of hydrogen-bond acceptors (Lipinski definition) is 2. The van der Waals surface area contributed by atoms with Crippen LogP contribution in [0.15, 0.2) is 17.1 Å². The van der Waals surface area contributed by atoms with Crippen molar-refractivity contribution in [1.29, 1.82) is 0 Å². The average Bonchev–Trinajstić information content (AvgIpc) is 2.15. The number of rotatable bonds is 1. The summed E-state index contributed by atoms with van der Waals surface area (Å²) in [5.74, 6) is -0.0173. The number of carbonyl (C=O) groups is 1. The quantitative estimate of drug-likeness (QED) is 0.594. The molecular formula is C5H7N2OS+. The molecule has 1 N–H and O–H groups in total. The summed E-state index contributed by atoms with van der Waals surface area (Å²) in [6.07, 6.45) is 1.68. The number of carbonyl (C=O) groups excluding carboxylic acids is 1. The minimum atomic E-state index is -0.229. The Morgan fingerprint density at radius 2 is 2.56 bits per heavy atom. The highest BCUT2D eigenvalue weighted by molar-refractivity contribution is 7.31. The van der Waals surface area contributed by atoms with Gasteiger partial charge >= 0.3 is 0 Å². The third-order valence-corrected chi connectivity index (χ3v) is 2.02. The SMILES string of the molecule is CC(=O)N[s+]1ccnc1. The molecule has 1 atom stereocenters. The van der Waals surface area contributed by atoms with E-state index >= 15 is 0 Å². The van der Waals surface area contributed by atoms with Crippen molar-refractivity contribution < 1.29 is 4.79 Å². The van der Waals surface area contributed by atoms with Gasteiger partial charge in [-0.2, -0.15) is 4.72 Å². The molecule has 48 valence electrons. The molecule has 0 spiro atoms. The Hall–Kier alpha value is -0.900. The maximum atomic E-state index is 10.4. The molecule has 4 heteroatoms. The summed E-state index contributed by atoms with van der Waals surface area (Å²) in [6, 6.07) is 0. The summed E-state index contributed by atoms with van der Waals surface area (Å²) >= 11 is 0. The summed E-state index contributed by atoms with van der Waals surface area (Å²) in [5, 5.41) is 1.85. The Bertz CT molecular complexity index is 195. The van der Waals surface area contributed by atoms with Crippen molar-refractivity contribution in [2.24, 2.45) is 0 Å². The highest BCUT2D eigenvalue weighted by Gasteiger charge is 2.02. The van der Waals surface area contributed by atoms with Crippen LogP contribution in [0, 0.1) is 0 Å². The molecule has 0 aliphatic carbocycles. The lowest BCUT2D eigenvalue weighted by Gasteiger charge is -1.82. The Labute approximate surface area is 55.8 Å². The molecule has 0 aromatic carbocycles. The zero-order chi connectivity index (χ0) is 6.69. The number of hydrogen-bond donors (Lipinski definition) is 1. The van der Waals surface area contributed by atoms with Crippen LogP contribution >= 0.6 is 10.7 Å². The summed E-state index contributed by atoms with van der Waals surface area (Å²) in [4.78, 5) is 14.2. The largest absolute Gasteiger partial charge is 0.271 e. The van der Waals surface area contributed by atoms with Gasteiger partial charge in [-0.05, 0) is 0 Å². The minimum Gasteiger partial charge on any atom is -0.271 e. The van der Waals surface area contributed by atoms with Crippen LogP contribution in [0.3, 0.4) is 0 Å². The van der Waals surface area contributed by atoms with Gasteiger partial charge in [-0.1, -0.05) is 0 Å². The smallest absolute Gasteiger partial charge is 0.261 e. The molecule has 0 aliphatic rings. The van der Waals surface area contributed by atoms with E-state index in [1.54, 1.807) is 11.7 Å². The Morgan fingerprint density at radius 1 is 1.78 bits per heavy atom. The first-order chi connectivity index (χ1) is 4.29. The van der Waals surface area contributed by atoms with Gasteiger partial charge in [-0.3, -0.25) is 4.79 Å². The molecule has 1 aromatic rings. The maximum Gasteiger partial charge on any atom is 0.261 e. The fraction of sp³-hybridized carbons (Fsp3) is 0.200. The second-order valence-corrected chi connectivity index (χ2v) is 3.00. The predicted octanol–water partition coefficient (Wildman–Crippen LogP) is 0.921. The first kappa shape index (κ1) is 6.22. The van der Waals surface area contributed by atoms with Crippen LogP contribution in [-0.4, -0.2) is 10.9 Å². The fourth-order valence-electron chi connectivity index (χ4n) is 0.463. The van der Waals surface area contributed by atoms with Gasteiger partial charge in [-0.15, -0.1) is 0 Å². The third kappa shape index (κ3) is 1.81. The van der Waals surface area contributed by atoms with Gasteiger partial charge in [0.2, 0.25) is 0 Å². The van der Waals surface area contributed by atoms with E-state index in [4.69, 9.17) is 0 Å². The topological polar surface area (TPSA) is 42.0 Å². The number of aromatic nitrogens is 1. The molecule has 0 aliphatic heterocycles. The highest BCUT2D eigenvalue weighted by atomic mass is 32.2. The van der Waals surface area contributed by atoms with Gasteiger partial charge in [0.05, 0.1) is 6.20 Å². The first-order valence-corrected chi connectivity index (χ1v) is 3.83. The fourth-order valence-corrected chi connectivity index (χ4v) is 1.39. The normalized spacial score (nSPS) is 11.0. The molecule has 1 unspecified atom stereocenters. The zero-order valence-corrected chi connectivity index (χ0v) is 5.81. The molecule has 0 saturated carbocycles. The van der Waals surface area contributed by atoms with Crippen LogP contribution in [0.4, 0.5) is 0 Å². The van der Waals surface area contributed by atoms with E-state index in [9.17, 15) is 4.79 Å².